The molecule has 0 N–H and O–H groups in total. The van der Waals surface area contributed by atoms with Crippen LogP contribution in [0.25, 0.3) is 0 Å². The van der Waals surface area contributed by atoms with Gasteiger partial charge < -0.3 is 9.47 Å². The molecule has 4 nitrogen and oxygen atoms in total. The molecular weight excluding hydrogens is 208 g/mol. The third-order valence-corrected chi connectivity index (χ3v) is 2.52. The zero-order valence-electron chi connectivity index (χ0n) is 10.7. The molecule has 1 unspecified atom stereocenters. The van der Waals surface area contributed by atoms with Gasteiger partial charge in [-0.25, -0.2) is 4.79 Å². The Balaban J connectivity index is 4.71. The first kappa shape index (κ1) is 15.1. The maximum Gasteiger partial charge on any atom is 0.346 e. The molecule has 1 atom stereocenters. The third-order valence-electron chi connectivity index (χ3n) is 2.52. The molecule has 0 saturated carbocycles. The smallest absolute Gasteiger partial charge is 0.346 e. The molecule has 0 aromatic heterocycles. The number of ketones is 1. The van der Waals surface area contributed by atoms with Crippen molar-refractivity contribution in [1.29, 1.82) is 0 Å². The lowest BCUT2D eigenvalue weighted by Crippen LogP contribution is -2.48. The molecular formula is C12H22O4. The number of unbranched alkanes of at least 4 members (excludes halogenated alkanes) is 1. The van der Waals surface area contributed by atoms with Crippen molar-refractivity contribution in [2.75, 3.05) is 13.2 Å². The van der Waals surface area contributed by atoms with Crippen LogP contribution >= 0.6 is 0 Å². The van der Waals surface area contributed by atoms with Gasteiger partial charge in [0.2, 0.25) is 5.60 Å². The number of hydrogen-bond acceptors (Lipinski definition) is 4. The van der Waals surface area contributed by atoms with Crippen molar-refractivity contribution in [3.05, 3.63) is 0 Å². The van der Waals surface area contributed by atoms with Gasteiger partial charge in [-0.3, -0.25) is 4.79 Å². The lowest BCUT2D eigenvalue weighted by molar-refractivity contribution is -0.177. The van der Waals surface area contributed by atoms with Gasteiger partial charge in [0.1, 0.15) is 0 Å². The van der Waals surface area contributed by atoms with Gasteiger partial charge in [-0.15, -0.1) is 0 Å². The van der Waals surface area contributed by atoms with Crippen molar-refractivity contribution >= 4 is 11.8 Å². The average Bonchev–Trinajstić information content (AvgIpc) is 2.24. The van der Waals surface area contributed by atoms with Crippen LogP contribution in [-0.4, -0.2) is 30.6 Å². The Hall–Kier alpha value is -0.900. The molecule has 0 aromatic carbocycles. The standard InChI is InChI=1S/C12H22O4/c1-5-8-9-16-12(6-2,10(4)13)11(14)15-7-3/h5-9H2,1-4H3. The highest BCUT2D eigenvalue weighted by Gasteiger charge is 2.44. The summed E-state index contributed by atoms with van der Waals surface area (Å²) in [5, 5.41) is 0. The molecule has 0 aliphatic heterocycles. The molecule has 16 heavy (non-hydrogen) atoms. The molecule has 0 amide bonds. The zero-order valence-corrected chi connectivity index (χ0v) is 10.7. The van der Waals surface area contributed by atoms with Crippen LogP contribution in [-0.2, 0) is 19.1 Å². The Morgan fingerprint density at radius 3 is 2.19 bits per heavy atom. The molecule has 0 heterocycles. The van der Waals surface area contributed by atoms with Gasteiger partial charge in [0.25, 0.3) is 0 Å². The molecule has 0 aliphatic carbocycles. The van der Waals surface area contributed by atoms with Crippen molar-refractivity contribution in [2.24, 2.45) is 0 Å². The van der Waals surface area contributed by atoms with Crippen molar-refractivity contribution in [2.45, 2.75) is 52.6 Å². The van der Waals surface area contributed by atoms with Crippen LogP contribution in [0.15, 0.2) is 0 Å². The SMILES string of the molecule is CCCCOC(CC)(C(C)=O)C(=O)OCC. The lowest BCUT2D eigenvalue weighted by atomic mass is 9.96. The average molecular weight is 230 g/mol. The summed E-state index contributed by atoms with van der Waals surface area (Å²) in [6.45, 7) is 7.52. The Labute approximate surface area is 97.3 Å². The normalized spacial score (nSPS) is 14.2. The monoisotopic (exact) mass is 230 g/mol. The van der Waals surface area contributed by atoms with E-state index in [2.05, 4.69) is 0 Å². The van der Waals surface area contributed by atoms with Gasteiger partial charge in [0.05, 0.1) is 6.61 Å². The summed E-state index contributed by atoms with van der Waals surface area (Å²) < 4.78 is 10.4. The van der Waals surface area contributed by atoms with Crippen molar-refractivity contribution in [1.82, 2.24) is 0 Å². The fourth-order valence-corrected chi connectivity index (χ4v) is 1.44. The van der Waals surface area contributed by atoms with Crippen molar-refractivity contribution < 1.29 is 19.1 Å². The van der Waals surface area contributed by atoms with E-state index in [9.17, 15) is 9.59 Å². The van der Waals surface area contributed by atoms with Gasteiger partial charge in [-0.1, -0.05) is 20.3 Å². The first-order valence-electron chi connectivity index (χ1n) is 5.87. The number of ether oxygens (including phenoxy) is 2. The largest absolute Gasteiger partial charge is 0.464 e. The molecule has 0 aromatic rings. The zero-order chi connectivity index (χ0) is 12.6. The highest BCUT2D eigenvalue weighted by molar-refractivity contribution is 6.06. The number of hydrogen-bond donors (Lipinski definition) is 0. The molecule has 4 heteroatoms. The first-order chi connectivity index (χ1) is 7.55. The van der Waals surface area contributed by atoms with Crippen LogP contribution in [0.4, 0.5) is 0 Å². The first-order valence-corrected chi connectivity index (χ1v) is 5.87. The Morgan fingerprint density at radius 2 is 1.81 bits per heavy atom. The van der Waals surface area contributed by atoms with Gasteiger partial charge in [-0.05, 0) is 26.7 Å². The summed E-state index contributed by atoms with van der Waals surface area (Å²) in [5.74, 6) is -0.856. The van der Waals surface area contributed by atoms with Gasteiger partial charge >= 0.3 is 5.97 Å². The van der Waals surface area contributed by atoms with E-state index in [1.54, 1.807) is 13.8 Å². The number of carbonyl (C=O) groups excluding carboxylic acids is 2. The molecule has 0 spiro atoms. The van der Waals surface area contributed by atoms with E-state index in [1.807, 2.05) is 6.92 Å². The van der Waals surface area contributed by atoms with Gasteiger partial charge in [0.15, 0.2) is 5.78 Å². The highest BCUT2D eigenvalue weighted by atomic mass is 16.6. The van der Waals surface area contributed by atoms with Crippen molar-refractivity contribution in [3.63, 3.8) is 0 Å². The summed E-state index contributed by atoms with van der Waals surface area (Å²) in [5.41, 5.74) is -1.40. The second kappa shape index (κ2) is 7.39. The minimum Gasteiger partial charge on any atom is -0.464 e. The van der Waals surface area contributed by atoms with Crippen LogP contribution < -0.4 is 0 Å². The summed E-state index contributed by atoms with van der Waals surface area (Å²) >= 11 is 0. The quantitative estimate of drug-likeness (QED) is 0.364. The van der Waals surface area contributed by atoms with Crippen LogP contribution in [0.3, 0.4) is 0 Å². The number of esters is 1. The van der Waals surface area contributed by atoms with Crippen LogP contribution in [0.2, 0.25) is 0 Å². The number of Topliss-reactive ketones (excluding diaryl/α,β-unsaturated/α-hetero) is 1. The predicted octanol–water partition coefficient (Wildman–Crippen LogP) is 2.10. The second-order valence-electron chi connectivity index (χ2n) is 3.66. The van der Waals surface area contributed by atoms with Crippen LogP contribution in [0.5, 0.6) is 0 Å². The van der Waals surface area contributed by atoms with Crippen LogP contribution in [0, 0.1) is 0 Å². The van der Waals surface area contributed by atoms with E-state index < -0.39 is 11.6 Å². The summed E-state index contributed by atoms with van der Waals surface area (Å²) in [7, 11) is 0. The molecule has 0 aliphatic rings. The maximum atomic E-state index is 11.8. The predicted molar refractivity (Wildman–Crippen MR) is 61.2 cm³/mol. The van der Waals surface area contributed by atoms with E-state index in [-0.39, 0.29) is 12.4 Å². The van der Waals surface area contributed by atoms with Gasteiger partial charge in [-0.2, -0.15) is 0 Å². The second-order valence-corrected chi connectivity index (χ2v) is 3.66. The Kier molecular flexibility index (Phi) is 6.97. The molecule has 0 rings (SSSR count). The van der Waals surface area contributed by atoms with Gasteiger partial charge in [0, 0.05) is 6.61 Å². The molecule has 0 saturated heterocycles. The van der Waals surface area contributed by atoms with Crippen LogP contribution in [0.1, 0.15) is 47.0 Å². The number of carbonyl (C=O) groups is 2. The Bertz CT molecular complexity index is 237. The number of rotatable bonds is 8. The summed E-state index contributed by atoms with van der Waals surface area (Å²) in [6, 6.07) is 0. The summed E-state index contributed by atoms with van der Waals surface area (Å²) in [6.07, 6.45) is 2.10. The minimum atomic E-state index is -1.40. The topological polar surface area (TPSA) is 52.6 Å². The van der Waals surface area contributed by atoms with E-state index in [1.165, 1.54) is 6.92 Å². The van der Waals surface area contributed by atoms with E-state index >= 15 is 0 Å². The fourth-order valence-electron chi connectivity index (χ4n) is 1.44. The minimum absolute atomic E-state index is 0.255. The fraction of sp³-hybridized carbons (Fsp3) is 0.833. The lowest BCUT2D eigenvalue weighted by Gasteiger charge is -2.27. The summed E-state index contributed by atoms with van der Waals surface area (Å²) in [4.78, 5) is 23.3. The maximum absolute atomic E-state index is 11.8. The van der Waals surface area contributed by atoms with Crippen molar-refractivity contribution in [3.8, 4) is 0 Å². The van der Waals surface area contributed by atoms with E-state index in [0.29, 0.717) is 13.0 Å². The highest BCUT2D eigenvalue weighted by Crippen LogP contribution is 2.20. The Morgan fingerprint density at radius 1 is 1.19 bits per heavy atom. The molecule has 94 valence electrons. The molecule has 0 radical (unpaired) electrons. The third kappa shape index (κ3) is 3.59. The molecule has 0 bridgehead atoms. The van der Waals surface area contributed by atoms with E-state index in [4.69, 9.17) is 9.47 Å². The van der Waals surface area contributed by atoms with E-state index in [0.717, 1.165) is 12.8 Å². The molecule has 0 fully saturated rings.